The van der Waals surface area contributed by atoms with E-state index in [2.05, 4.69) is 29.0 Å². The van der Waals surface area contributed by atoms with E-state index >= 15 is 0 Å². The molecule has 50 heavy (non-hydrogen) atoms. The van der Waals surface area contributed by atoms with Crippen LogP contribution in [-0.4, -0.2) is 78.7 Å². The van der Waals surface area contributed by atoms with E-state index in [-0.39, 0.29) is 24.7 Å². The fraction of sp³-hybridized carbons (Fsp3) is 0.342. The Kier molecular flexibility index (Phi) is 9.09. The number of fused-ring (bicyclic) bond motifs is 1. The molecular weight excluding hydrogens is 656 g/mol. The highest BCUT2D eigenvalue weighted by Gasteiger charge is 2.45. The topological polar surface area (TPSA) is 112 Å². The molecule has 0 radical (unpaired) electrons. The second-order valence-corrected chi connectivity index (χ2v) is 13.9. The van der Waals surface area contributed by atoms with Crippen molar-refractivity contribution in [1.82, 2.24) is 29.3 Å². The maximum atomic E-state index is 13.4. The highest BCUT2D eigenvalue weighted by Crippen LogP contribution is 2.41. The first-order valence-corrected chi connectivity index (χ1v) is 17.1. The fourth-order valence-corrected chi connectivity index (χ4v) is 6.35. The molecule has 1 saturated carbocycles. The van der Waals surface area contributed by atoms with Crippen LogP contribution in [-0.2, 0) is 22.7 Å². The number of nitrogens with zero attached hydrogens (tertiary/aromatic N) is 6. The molecule has 0 unspecified atom stereocenters. The highest BCUT2D eigenvalue weighted by molar-refractivity contribution is 6.33. The average Bonchev–Trinajstić information content (AvgIpc) is 3.73. The van der Waals surface area contributed by atoms with Crippen LogP contribution in [0.4, 0.5) is 4.79 Å². The molecule has 3 aromatic carbocycles. The third-order valence-corrected chi connectivity index (χ3v) is 9.61. The molecule has 0 bridgehead atoms. The van der Waals surface area contributed by atoms with Crippen molar-refractivity contribution < 1.29 is 23.8 Å². The Morgan fingerprint density at radius 1 is 0.920 bits per heavy atom. The number of carbonyl (C=O) groups is 2. The summed E-state index contributed by atoms with van der Waals surface area (Å²) >= 11 is 6.91. The fourth-order valence-electron chi connectivity index (χ4n) is 6.10. The van der Waals surface area contributed by atoms with E-state index in [9.17, 15) is 9.59 Å². The number of amides is 2. The summed E-state index contributed by atoms with van der Waals surface area (Å²) in [5.41, 5.74) is 2.63. The van der Waals surface area contributed by atoms with Gasteiger partial charge in [0.25, 0.3) is 0 Å². The van der Waals surface area contributed by atoms with Gasteiger partial charge in [-0.3, -0.25) is 9.69 Å². The van der Waals surface area contributed by atoms with Gasteiger partial charge in [0.2, 0.25) is 11.8 Å². The minimum absolute atomic E-state index is 0.147. The number of benzene rings is 3. The van der Waals surface area contributed by atoms with Crippen LogP contribution >= 0.6 is 11.6 Å². The molecule has 3 heterocycles. The molecule has 1 aliphatic heterocycles. The van der Waals surface area contributed by atoms with Gasteiger partial charge in [0.05, 0.1) is 18.1 Å². The number of halogens is 1. The number of aromatic nitrogens is 4. The van der Waals surface area contributed by atoms with Gasteiger partial charge in [-0.2, -0.15) is 4.98 Å². The van der Waals surface area contributed by atoms with Crippen LogP contribution in [0.25, 0.3) is 22.6 Å². The molecule has 2 amide bonds. The molecule has 1 saturated heterocycles. The number of imidazole rings is 1. The zero-order valence-corrected chi connectivity index (χ0v) is 29.1. The summed E-state index contributed by atoms with van der Waals surface area (Å²) < 4.78 is 19.9. The molecule has 5 aromatic rings. The maximum absolute atomic E-state index is 13.4. The summed E-state index contributed by atoms with van der Waals surface area (Å²) in [6.07, 6.45) is 2.94. The number of piperazine rings is 1. The molecule has 0 atom stereocenters. The monoisotopic (exact) mass is 694 g/mol. The number of rotatable bonds is 11. The highest BCUT2D eigenvalue weighted by atomic mass is 35.5. The summed E-state index contributed by atoms with van der Waals surface area (Å²) in [5.74, 6) is 1.49. The Morgan fingerprint density at radius 2 is 1.64 bits per heavy atom. The van der Waals surface area contributed by atoms with Gasteiger partial charge >= 0.3 is 6.09 Å². The Balaban J connectivity index is 1.03. The second-order valence-electron chi connectivity index (χ2n) is 13.4. The second kappa shape index (κ2) is 13.6. The lowest BCUT2D eigenvalue weighted by Crippen LogP contribution is -2.65. The standard InChI is InChI=1S/C38H39ClN6O5/c1-37(2)35(46)43(18-19-45(37)36(47)49-24-27-12-8-5-9-13-27)20-21-48-28-14-15-29(30(39)22-28)32-42-31-33(44(32)23-26-10-6-4-7-11-26)40-25-41-34(31)50-38(3)16-17-38/h4-15,22,25H,16-21,23-24H2,1-3H3. The Labute approximate surface area is 295 Å². The molecule has 0 N–H and O–H groups in total. The van der Waals surface area contributed by atoms with Gasteiger partial charge in [-0.1, -0.05) is 72.3 Å². The van der Waals surface area contributed by atoms with E-state index in [0.29, 0.717) is 65.4 Å². The van der Waals surface area contributed by atoms with E-state index in [1.54, 1.807) is 24.8 Å². The first-order chi connectivity index (χ1) is 24.1. The van der Waals surface area contributed by atoms with Crippen LogP contribution in [0.15, 0.2) is 85.2 Å². The van der Waals surface area contributed by atoms with E-state index in [0.717, 1.165) is 24.0 Å². The molecule has 12 heteroatoms. The lowest BCUT2D eigenvalue weighted by Gasteiger charge is -2.45. The predicted molar refractivity (Wildman–Crippen MR) is 189 cm³/mol. The van der Waals surface area contributed by atoms with Gasteiger partial charge in [0, 0.05) is 18.7 Å². The molecule has 0 spiro atoms. The van der Waals surface area contributed by atoms with Crippen LogP contribution in [0.3, 0.4) is 0 Å². The SMILES string of the molecule is CC1(Oc2ncnc3c2nc(-c2ccc(OCCN4CCN(C(=O)OCc5ccccc5)C(C)(C)C4=O)cc2Cl)n3Cc2ccccc2)CC1. The summed E-state index contributed by atoms with van der Waals surface area (Å²) in [6.45, 7) is 7.54. The largest absolute Gasteiger partial charge is 0.492 e. The molecule has 11 nitrogen and oxygen atoms in total. The molecule has 7 rings (SSSR count). The van der Waals surface area contributed by atoms with Crippen molar-refractivity contribution in [2.75, 3.05) is 26.2 Å². The molecule has 2 aliphatic rings. The van der Waals surface area contributed by atoms with Crippen molar-refractivity contribution >= 4 is 34.8 Å². The average molecular weight is 695 g/mol. The zero-order valence-electron chi connectivity index (χ0n) is 28.3. The lowest BCUT2D eigenvalue weighted by molar-refractivity contribution is -0.147. The number of carbonyl (C=O) groups excluding carboxylic acids is 2. The van der Waals surface area contributed by atoms with Gasteiger partial charge in [-0.05, 0) is 62.9 Å². The van der Waals surface area contributed by atoms with Crippen LogP contribution in [0, 0.1) is 0 Å². The first kappa shape index (κ1) is 33.3. The third kappa shape index (κ3) is 6.96. The number of hydrogen-bond donors (Lipinski definition) is 0. The van der Waals surface area contributed by atoms with Crippen molar-refractivity contribution in [2.45, 2.75) is 57.9 Å². The summed E-state index contributed by atoms with van der Waals surface area (Å²) in [5, 5.41) is 0.455. The van der Waals surface area contributed by atoms with E-state index < -0.39 is 11.6 Å². The maximum Gasteiger partial charge on any atom is 0.411 e. The number of ether oxygens (including phenoxy) is 3. The molecule has 1 aliphatic carbocycles. The van der Waals surface area contributed by atoms with Crippen molar-refractivity contribution in [3.05, 3.63) is 101 Å². The van der Waals surface area contributed by atoms with Gasteiger partial charge < -0.3 is 23.7 Å². The van der Waals surface area contributed by atoms with Gasteiger partial charge in [0.15, 0.2) is 11.2 Å². The van der Waals surface area contributed by atoms with Crippen molar-refractivity contribution in [2.24, 2.45) is 0 Å². The van der Waals surface area contributed by atoms with Crippen molar-refractivity contribution in [3.8, 4) is 23.0 Å². The van der Waals surface area contributed by atoms with Gasteiger partial charge in [-0.15, -0.1) is 0 Å². The van der Waals surface area contributed by atoms with E-state index in [1.807, 2.05) is 65.2 Å². The van der Waals surface area contributed by atoms with Crippen molar-refractivity contribution in [1.29, 1.82) is 0 Å². The smallest absolute Gasteiger partial charge is 0.411 e. The quantitative estimate of drug-likeness (QED) is 0.149. The zero-order chi connectivity index (χ0) is 34.9. The van der Waals surface area contributed by atoms with E-state index in [1.165, 1.54) is 11.2 Å². The van der Waals surface area contributed by atoms with Crippen LogP contribution < -0.4 is 9.47 Å². The minimum atomic E-state index is -1.06. The summed E-state index contributed by atoms with van der Waals surface area (Å²) in [4.78, 5) is 43.6. The summed E-state index contributed by atoms with van der Waals surface area (Å²) in [7, 11) is 0. The lowest BCUT2D eigenvalue weighted by atomic mass is 9.98. The normalized spacial score (nSPS) is 16.4. The summed E-state index contributed by atoms with van der Waals surface area (Å²) in [6, 6.07) is 25.0. The van der Waals surface area contributed by atoms with E-state index in [4.69, 9.17) is 30.8 Å². The van der Waals surface area contributed by atoms with Crippen LogP contribution in [0.5, 0.6) is 11.6 Å². The Hall–Kier alpha value is -5.16. The minimum Gasteiger partial charge on any atom is -0.492 e. The van der Waals surface area contributed by atoms with Crippen LogP contribution in [0.1, 0.15) is 44.7 Å². The van der Waals surface area contributed by atoms with Gasteiger partial charge in [-0.25, -0.2) is 14.8 Å². The third-order valence-electron chi connectivity index (χ3n) is 9.29. The molecule has 2 fully saturated rings. The molecule has 258 valence electrons. The van der Waals surface area contributed by atoms with Crippen molar-refractivity contribution in [3.63, 3.8) is 0 Å². The predicted octanol–water partition coefficient (Wildman–Crippen LogP) is 6.76. The van der Waals surface area contributed by atoms with Gasteiger partial charge in [0.1, 0.15) is 42.3 Å². The molecular formula is C38H39ClN6O5. The van der Waals surface area contributed by atoms with Crippen LogP contribution in [0.2, 0.25) is 5.02 Å². The Morgan fingerprint density at radius 3 is 2.34 bits per heavy atom. The number of hydrogen-bond acceptors (Lipinski definition) is 8. The Bertz CT molecular complexity index is 2010. The first-order valence-electron chi connectivity index (χ1n) is 16.8. The molecule has 2 aromatic heterocycles.